The summed E-state index contributed by atoms with van der Waals surface area (Å²) in [4.78, 5) is 9.16. The van der Waals surface area contributed by atoms with Gasteiger partial charge in [0, 0.05) is 15.5 Å². The molecule has 0 aliphatic heterocycles. The Bertz CT molecular complexity index is 1680. The van der Waals surface area contributed by atoms with Crippen molar-refractivity contribution >= 4 is 31.6 Å². The molecule has 6 rings (SSSR count). The van der Waals surface area contributed by atoms with E-state index in [1.807, 2.05) is 6.07 Å². The average Bonchev–Trinajstić information content (AvgIpc) is 3.31. The van der Waals surface area contributed by atoms with E-state index in [-0.39, 0.29) is 16.9 Å². The number of fused-ring (bicyclic) bond motifs is 6. The van der Waals surface area contributed by atoms with Crippen LogP contribution in [0.1, 0.15) is 36.5 Å². The first-order valence-electron chi connectivity index (χ1n) is 10.3. The zero-order chi connectivity index (χ0) is 22.0. The van der Waals surface area contributed by atoms with E-state index in [1.54, 1.807) is 0 Å². The summed E-state index contributed by atoms with van der Waals surface area (Å²) in [5.41, 5.74) is 7.66. The Labute approximate surface area is 189 Å². The zero-order valence-corrected chi connectivity index (χ0v) is 18.3. The molecule has 3 aromatic carbocycles. The molecule has 2 aromatic heterocycles. The van der Waals surface area contributed by atoms with Gasteiger partial charge in [-0.1, -0.05) is 62.4 Å². The van der Waals surface area contributed by atoms with Gasteiger partial charge >= 0.3 is 0 Å². The smallest absolute Gasteiger partial charge is 0.208 e. The molecular weight excluding hydrogens is 412 g/mol. The lowest BCUT2D eigenvalue weighted by molar-refractivity contribution is 0.662. The summed E-state index contributed by atoms with van der Waals surface area (Å²) in [6, 6.07) is 25.6. The maximum atomic E-state index is 9.67. The summed E-state index contributed by atoms with van der Waals surface area (Å²) in [5, 5.41) is 20.6. The average molecular weight is 429 g/mol. The molecule has 0 saturated heterocycles. The highest BCUT2D eigenvalue weighted by Crippen LogP contribution is 2.52. The highest BCUT2D eigenvalue weighted by atomic mass is 32.1. The molecule has 2 heterocycles. The van der Waals surface area contributed by atoms with Gasteiger partial charge in [-0.3, -0.25) is 0 Å². The molecule has 0 atom stereocenters. The van der Waals surface area contributed by atoms with Gasteiger partial charge in [-0.15, -0.1) is 11.3 Å². The Kier molecular flexibility index (Phi) is 3.78. The third kappa shape index (κ3) is 2.40. The Morgan fingerprint density at radius 2 is 1.62 bits per heavy atom. The van der Waals surface area contributed by atoms with Gasteiger partial charge in [-0.05, 0) is 45.5 Å². The SMILES string of the molecule is CC1(C)c2ccccc2-c2cccc(-c3ccc4sc5nc(C#N)nc(C#N)c5c4c3)c21. The van der Waals surface area contributed by atoms with Gasteiger partial charge in [-0.25, -0.2) is 9.97 Å². The first-order valence-corrected chi connectivity index (χ1v) is 11.1. The second-order valence-electron chi connectivity index (χ2n) is 8.51. The van der Waals surface area contributed by atoms with Gasteiger partial charge in [0.05, 0.1) is 5.39 Å². The lowest BCUT2D eigenvalue weighted by Crippen LogP contribution is -2.16. The molecule has 5 heteroatoms. The van der Waals surface area contributed by atoms with Crippen molar-refractivity contribution in [1.29, 1.82) is 10.5 Å². The number of aromatic nitrogens is 2. The van der Waals surface area contributed by atoms with Gasteiger partial charge < -0.3 is 0 Å². The maximum Gasteiger partial charge on any atom is 0.234 e. The summed E-state index contributed by atoms with van der Waals surface area (Å²) in [7, 11) is 0. The van der Waals surface area contributed by atoms with Crippen LogP contribution in [0, 0.1) is 22.7 Å². The number of thiophene rings is 1. The van der Waals surface area contributed by atoms with E-state index in [2.05, 4.69) is 90.5 Å². The van der Waals surface area contributed by atoms with Crippen molar-refractivity contribution < 1.29 is 0 Å². The summed E-state index contributed by atoms with van der Waals surface area (Å²) in [6.07, 6.45) is 0. The van der Waals surface area contributed by atoms with Crippen molar-refractivity contribution in [3.8, 4) is 34.4 Å². The van der Waals surface area contributed by atoms with Crippen molar-refractivity contribution in [3.05, 3.63) is 83.3 Å². The van der Waals surface area contributed by atoms with E-state index in [1.165, 1.54) is 39.2 Å². The minimum atomic E-state index is -0.114. The molecule has 150 valence electrons. The molecular formula is C27H16N4S. The van der Waals surface area contributed by atoms with Gasteiger partial charge in [0.15, 0.2) is 5.69 Å². The topological polar surface area (TPSA) is 73.4 Å². The number of rotatable bonds is 1. The van der Waals surface area contributed by atoms with Crippen molar-refractivity contribution in [1.82, 2.24) is 9.97 Å². The van der Waals surface area contributed by atoms with Crippen LogP contribution in [0.25, 0.3) is 42.6 Å². The van der Waals surface area contributed by atoms with Crippen LogP contribution in [-0.4, -0.2) is 9.97 Å². The number of hydrogen-bond acceptors (Lipinski definition) is 5. The van der Waals surface area contributed by atoms with Gasteiger partial charge in [-0.2, -0.15) is 10.5 Å². The van der Waals surface area contributed by atoms with Crippen molar-refractivity contribution in [3.63, 3.8) is 0 Å². The second kappa shape index (κ2) is 6.47. The fourth-order valence-electron chi connectivity index (χ4n) is 5.06. The summed E-state index contributed by atoms with van der Waals surface area (Å²) in [5.74, 6) is 0.0289. The van der Waals surface area contributed by atoms with Gasteiger partial charge in [0.25, 0.3) is 0 Å². The molecule has 0 bridgehead atoms. The summed E-state index contributed by atoms with van der Waals surface area (Å²) < 4.78 is 1.03. The van der Waals surface area contributed by atoms with E-state index in [0.717, 1.165) is 21.0 Å². The molecule has 0 saturated carbocycles. The Morgan fingerprint density at radius 3 is 2.44 bits per heavy atom. The monoisotopic (exact) mass is 428 g/mol. The summed E-state index contributed by atoms with van der Waals surface area (Å²) >= 11 is 1.49. The van der Waals surface area contributed by atoms with Crippen LogP contribution >= 0.6 is 11.3 Å². The van der Waals surface area contributed by atoms with E-state index in [4.69, 9.17) is 0 Å². The number of hydrogen-bond donors (Lipinski definition) is 0. The quantitative estimate of drug-likeness (QED) is 0.303. The number of benzene rings is 3. The predicted molar refractivity (Wildman–Crippen MR) is 127 cm³/mol. The Morgan fingerprint density at radius 1 is 0.844 bits per heavy atom. The lowest BCUT2D eigenvalue weighted by atomic mass is 9.79. The molecule has 0 unspecified atom stereocenters. The van der Waals surface area contributed by atoms with Crippen LogP contribution in [-0.2, 0) is 5.41 Å². The molecule has 4 nitrogen and oxygen atoms in total. The standard InChI is InChI=1S/C27H16N4S/c1-27(2)20-9-4-3-6-17(20)18-8-5-7-16(25(18)27)15-10-11-22-19(12-15)24-21(13-28)30-23(14-29)31-26(24)32-22/h3-12H,1-2H3. The minimum Gasteiger partial charge on any atom is -0.208 e. The van der Waals surface area contributed by atoms with Crippen molar-refractivity contribution in [2.24, 2.45) is 0 Å². The molecule has 1 aliphatic rings. The van der Waals surface area contributed by atoms with Crippen molar-refractivity contribution in [2.45, 2.75) is 19.3 Å². The lowest BCUT2D eigenvalue weighted by Gasteiger charge is -2.24. The molecule has 1 aliphatic carbocycles. The van der Waals surface area contributed by atoms with Crippen LogP contribution in [0.2, 0.25) is 0 Å². The normalized spacial score (nSPS) is 13.5. The molecule has 0 radical (unpaired) electrons. The molecule has 0 fully saturated rings. The first-order chi connectivity index (χ1) is 15.5. The fourth-order valence-corrected chi connectivity index (χ4v) is 6.12. The molecule has 0 spiro atoms. The third-order valence-corrected chi connectivity index (χ3v) is 7.49. The highest BCUT2D eigenvalue weighted by molar-refractivity contribution is 7.25. The van der Waals surface area contributed by atoms with Crippen LogP contribution in [0.4, 0.5) is 0 Å². The van der Waals surface area contributed by atoms with Crippen molar-refractivity contribution in [2.75, 3.05) is 0 Å². The van der Waals surface area contributed by atoms with Crippen LogP contribution in [0.15, 0.2) is 60.7 Å². The van der Waals surface area contributed by atoms with E-state index < -0.39 is 0 Å². The fraction of sp³-hybridized carbons (Fsp3) is 0.111. The first kappa shape index (κ1) is 18.7. The Hall–Kier alpha value is -4.06. The maximum absolute atomic E-state index is 9.67. The second-order valence-corrected chi connectivity index (χ2v) is 9.54. The van der Waals surface area contributed by atoms with Gasteiger partial charge in [0.2, 0.25) is 5.82 Å². The summed E-state index contributed by atoms with van der Waals surface area (Å²) in [6.45, 7) is 4.56. The molecule has 5 aromatic rings. The number of nitriles is 2. The van der Waals surface area contributed by atoms with E-state index in [0.29, 0.717) is 4.83 Å². The molecule has 32 heavy (non-hydrogen) atoms. The van der Waals surface area contributed by atoms with E-state index in [9.17, 15) is 10.5 Å². The third-order valence-electron chi connectivity index (χ3n) is 6.43. The predicted octanol–water partition coefficient (Wildman–Crippen LogP) is 6.56. The largest absolute Gasteiger partial charge is 0.234 e. The highest BCUT2D eigenvalue weighted by Gasteiger charge is 2.37. The van der Waals surface area contributed by atoms with Crippen LogP contribution in [0.5, 0.6) is 0 Å². The minimum absolute atomic E-state index is 0.0289. The number of nitrogens with zero attached hydrogens (tertiary/aromatic N) is 4. The van der Waals surface area contributed by atoms with Crippen LogP contribution in [0.3, 0.4) is 0 Å². The molecule has 0 N–H and O–H groups in total. The zero-order valence-electron chi connectivity index (χ0n) is 17.5. The van der Waals surface area contributed by atoms with Gasteiger partial charge in [0.1, 0.15) is 17.0 Å². The Balaban J connectivity index is 1.64. The molecule has 0 amide bonds. The van der Waals surface area contributed by atoms with Crippen LogP contribution < -0.4 is 0 Å². The van der Waals surface area contributed by atoms with E-state index >= 15 is 0 Å².